The van der Waals surface area contributed by atoms with Crippen LogP contribution in [0, 0.1) is 11.6 Å². The maximum atomic E-state index is 13.1. The molecule has 0 aliphatic rings. The van der Waals surface area contributed by atoms with Crippen LogP contribution in [0.15, 0.2) is 36.4 Å². The van der Waals surface area contributed by atoms with Gasteiger partial charge >= 0.3 is 0 Å². The Kier molecular flexibility index (Phi) is 3.90. The van der Waals surface area contributed by atoms with E-state index in [1.54, 1.807) is 12.1 Å². The summed E-state index contributed by atoms with van der Waals surface area (Å²) in [5.41, 5.74) is 6.36. The molecule has 0 spiro atoms. The van der Waals surface area contributed by atoms with E-state index in [1.807, 2.05) is 0 Å². The highest BCUT2D eigenvalue weighted by Gasteiger charge is 2.17. The minimum Gasteiger partial charge on any atom is -0.397 e. The molecule has 0 aliphatic carbocycles. The normalized spacial score (nSPS) is 10.4. The summed E-state index contributed by atoms with van der Waals surface area (Å²) >= 11 is 5.85. The summed E-state index contributed by atoms with van der Waals surface area (Å²) in [7, 11) is 1.45. The van der Waals surface area contributed by atoms with Gasteiger partial charge in [-0.05, 0) is 30.3 Å². The number of nitrogens with two attached hydrogens (primary N) is 1. The number of carbonyl (C=O) groups is 1. The number of rotatable bonds is 2. The molecule has 0 saturated carbocycles. The van der Waals surface area contributed by atoms with Gasteiger partial charge in [-0.1, -0.05) is 11.6 Å². The molecule has 20 heavy (non-hydrogen) atoms. The van der Waals surface area contributed by atoms with Crippen LogP contribution in [0.4, 0.5) is 20.2 Å². The van der Waals surface area contributed by atoms with Crippen molar-refractivity contribution in [2.24, 2.45) is 0 Å². The van der Waals surface area contributed by atoms with Crippen LogP contribution >= 0.6 is 11.6 Å². The lowest BCUT2D eigenvalue weighted by atomic mass is 10.1. The van der Waals surface area contributed by atoms with E-state index in [0.717, 1.165) is 12.1 Å². The van der Waals surface area contributed by atoms with E-state index in [9.17, 15) is 13.6 Å². The third kappa shape index (κ3) is 2.88. The molecule has 0 aliphatic heterocycles. The molecular weight excluding hydrogens is 286 g/mol. The van der Waals surface area contributed by atoms with Gasteiger partial charge in [0.1, 0.15) is 11.6 Å². The zero-order valence-corrected chi connectivity index (χ0v) is 11.3. The number of hydrogen-bond donors (Lipinski definition) is 1. The SMILES string of the molecule is CN(C(=O)c1cc(F)cc(F)c1)c1cc(Cl)ccc1N. The molecule has 2 N–H and O–H groups in total. The van der Waals surface area contributed by atoms with Crippen molar-refractivity contribution in [1.82, 2.24) is 0 Å². The Morgan fingerprint density at radius 3 is 2.35 bits per heavy atom. The van der Waals surface area contributed by atoms with Gasteiger partial charge in [-0.25, -0.2) is 8.78 Å². The van der Waals surface area contributed by atoms with Gasteiger partial charge in [-0.3, -0.25) is 4.79 Å². The molecule has 6 heteroatoms. The Morgan fingerprint density at radius 2 is 1.75 bits per heavy atom. The Balaban J connectivity index is 2.39. The van der Waals surface area contributed by atoms with Crippen molar-refractivity contribution < 1.29 is 13.6 Å². The lowest BCUT2D eigenvalue weighted by Crippen LogP contribution is -2.27. The number of nitrogen functional groups attached to an aromatic ring is 1. The topological polar surface area (TPSA) is 46.3 Å². The van der Waals surface area contributed by atoms with E-state index in [1.165, 1.54) is 18.0 Å². The maximum absolute atomic E-state index is 13.1. The summed E-state index contributed by atoms with van der Waals surface area (Å²) in [5.74, 6) is -2.22. The second-order valence-electron chi connectivity index (χ2n) is 4.23. The fourth-order valence-corrected chi connectivity index (χ4v) is 1.95. The number of anilines is 2. The Hall–Kier alpha value is -2.14. The highest BCUT2D eigenvalue weighted by Crippen LogP contribution is 2.27. The fraction of sp³-hybridized carbons (Fsp3) is 0.0714. The van der Waals surface area contributed by atoms with Crippen molar-refractivity contribution >= 4 is 28.9 Å². The summed E-state index contributed by atoms with van der Waals surface area (Å²) in [6.45, 7) is 0. The number of carbonyl (C=O) groups excluding carboxylic acids is 1. The number of nitrogens with zero attached hydrogens (tertiary/aromatic N) is 1. The highest BCUT2D eigenvalue weighted by molar-refractivity contribution is 6.31. The molecule has 3 nitrogen and oxygen atoms in total. The molecule has 2 aromatic carbocycles. The highest BCUT2D eigenvalue weighted by atomic mass is 35.5. The number of hydrogen-bond acceptors (Lipinski definition) is 2. The van der Waals surface area contributed by atoms with Gasteiger partial charge in [0.2, 0.25) is 0 Å². The quantitative estimate of drug-likeness (QED) is 0.863. The summed E-state index contributed by atoms with van der Waals surface area (Å²) in [6.07, 6.45) is 0. The molecule has 0 saturated heterocycles. The van der Waals surface area contributed by atoms with Gasteiger partial charge in [0.15, 0.2) is 0 Å². The minimum absolute atomic E-state index is 0.107. The van der Waals surface area contributed by atoms with E-state index in [0.29, 0.717) is 22.5 Å². The first-order valence-electron chi connectivity index (χ1n) is 5.67. The van der Waals surface area contributed by atoms with Crippen LogP contribution in [0.25, 0.3) is 0 Å². The van der Waals surface area contributed by atoms with E-state index >= 15 is 0 Å². The van der Waals surface area contributed by atoms with Crippen LogP contribution < -0.4 is 10.6 Å². The predicted molar refractivity (Wildman–Crippen MR) is 75.0 cm³/mol. The van der Waals surface area contributed by atoms with E-state index < -0.39 is 17.5 Å². The molecule has 104 valence electrons. The van der Waals surface area contributed by atoms with Crippen LogP contribution in [-0.4, -0.2) is 13.0 Å². The summed E-state index contributed by atoms with van der Waals surface area (Å²) in [4.78, 5) is 13.4. The third-order valence-corrected chi connectivity index (χ3v) is 3.00. The summed E-state index contributed by atoms with van der Waals surface area (Å²) < 4.78 is 26.3. The molecule has 0 aromatic heterocycles. The zero-order chi connectivity index (χ0) is 14.9. The molecule has 0 unspecified atom stereocenters. The monoisotopic (exact) mass is 296 g/mol. The number of halogens is 3. The summed E-state index contributed by atoms with van der Waals surface area (Å²) in [5, 5.41) is 0.402. The average Bonchev–Trinajstić information content (AvgIpc) is 2.38. The van der Waals surface area contributed by atoms with Crippen LogP contribution in [0.2, 0.25) is 5.02 Å². The van der Waals surface area contributed by atoms with Gasteiger partial charge in [-0.15, -0.1) is 0 Å². The lowest BCUT2D eigenvalue weighted by molar-refractivity contribution is 0.0992. The molecule has 2 rings (SSSR count). The Morgan fingerprint density at radius 1 is 1.15 bits per heavy atom. The third-order valence-electron chi connectivity index (χ3n) is 2.77. The van der Waals surface area contributed by atoms with E-state index in [2.05, 4.69) is 0 Å². The standard InChI is InChI=1S/C14H11ClF2N2O/c1-19(13-6-9(15)2-3-12(13)18)14(20)8-4-10(16)7-11(17)5-8/h2-7H,18H2,1H3. The second kappa shape index (κ2) is 5.46. The van der Waals surface area contributed by atoms with E-state index in [4.69, 9.17) is 17.3 Å². The van der Waals surface area contributed by atoms with Crippen molar-refractivity contribution in [1.29, 1.82) is 0 Å². The first-order valence-corrected chi connectivity index (χ1v) is 6.05. The van der Waals surface area contributed by atoms with Gasteiger partial charge in [0, 0.05) is 23.7 Å². The smallest absolute Gasteiger partial charge is 0.258 e. The van der Waals surface area contributed by atoms with Gasteiger partial charge < -0.3 is 10.6 Å². The maximum Gasteiger partial charge on any atom is 0.258 e. The molecule has 1 amide bonds. The first-order chi connectivity index (χ1) is 9.38. The van der Waals surface area contributed by atoms with Crippen LogP contribution in [0.3, 0.4) is 0 Å². The van der Waals surface area contributed by atoms with Gasteiger partial charge in [0.05, 0.1) is 11.4 Å². The molecule has 0 fully saturated rings. The predicted octanol–water partition coefficient (Wildman–Crippen LogP) is 3.48. The van der Waals surface area contributed by atoms with Crippen molar-refractivity contribution in [3.8, 4) is 0 Å². The lowest BCUT2D eigenvalue weighted by Gasteiger charge is -2.19. The molecule has 0 atom stereocenters. The second-order valence-corrected chi connectivity index (χ2v) is 4.66. The Bertz CT molecular complexity index is 656. The molecule has 2 aromatic rings. The van der Waals surface area contributed by atoms with Gasteiger partial charge in [-0.2, -0.15) is 0 Å². The molecule has 0 heterocycles. The van der Waals surface area contributed by atoms with Crippen molar-refractivity contribution in [3.63, 3.8) is 0 Å². The largest absolute Gasteiger partial charge is 0.397 e. The minimum atomic E-state index is -0.819. The average molecular weight is 297 g/mol. The van der Waals surface area contributed by atoms with Crippen molar-refractivity contribution in [2.75, 3.05) is 17.7 Å². The van der Waals surface area contributed by atoms with Crippen LogP contribution in [0.5, 0.6) is 0 Å². The molecule has 0 radical (unpaired) electrons. The first kappa shape index (κ1) is 14.3. The molecular formula is C14H11ClF2N2O. The molecule has 0 bridgehead atoms. The Labute approximate surface area is 119 Å². The summed E-state index contributed by atoms with van der Waals surface area (Å²) in [6, 6.07) is 7.26. The van der Waals surface area contributed by atoms with Crippen molar-refractivity contribution in [3.05, 3.63) is 58.6 Å². The van der Waals surface area contributed by atoms with Crippen LogP contribution in [-0.2, 0) is 0 Å². The number of benzene rings is 2. The fourth-order valence-electron chi connectivity index (χ4n) is 1.79. The number of amides is 1. The van der Waals surface area contributed by atoms with E-state index in [-0.39, 0.29) is 5.56 Å². The van der Waals surface area contributed by atoms with Crippen molar-refractivity contribution in [2.45, 2.75) is 0 Å². The van der Waals surface area contributed by atoms with Crippen LogP contribution in [0.1, 0.15) is 10.4 Å². The zero-order valence-electron chi connectivity index (χ0n) is 10.5. The van der Waals surface area contributed by atoms with Gasteiger partial charge in [0.25, 0.3) is 5.91 Å².